The summed E-state index contributed by atoms with van der Waals surface area (Å²) in [5.74, 6) is 1.39. The second-order valence-electron chi connectivity index (χ2n) is 7.38. The van der Waals surface area contributed by atoms with E-state index >= 15 is 0 Å². The van der Waals surface area contributed by atoms with Gasteiger partial charge in [0.25, 0.3) is 0 Å². The second kappa shape index (κ2) is 7.05. The summed E-state index contributed by atoms with van der Waals surface area (Å²) in [6.07, 6.45) is 9.43. The number of likely N-dealkylation sites (tertiary alicyclic amines) is 1. The Morgan fingerprint density at radius 1 is 1.21 bits per heavy atom. The van der Waals surface area contributed by atoms with Gasteiger partial charge < -0.3 is 10.2 Å². The normalized spacial score (nSPS) is 19.9. The molecule has 2 fully saturated rings. The van der Waals surface area contributed by atoms with Gasteiger partial charge in [-0.3, -0.25) is 0 Å². The third-order valence-electron chi connectivity index (χ3n) is 5.40. The van der Waals surface area contributed by atoms with Crippen LogP contribution in [0.4, 0.5) is 5.69 Å². The predicted molar refractivity (Wildman–Crippen MR) is 95.3 cm³/mol. The third kappa shape index (κ3) is 3.53. The summed E-state index contributed by atoms with van der Waals surface area (Å²) < 4.78 is 1.82. The average molecular weight is 328 g/mol. The molecule has 1 aliphatic carbocycles. The van der Waals surface area contributed by atoms with Crippen molar-refractivity contribution in [3.05, 3.63) is 18.1 Å². The maximum atomic E-state index is 4.64. The number of aromatic nitrogens is 4. The van der Waals surface area contributed by atoms with E-state index in [0.717, 1.165) is 23.8 Å². The van der Waals surface area contributed by atoms with Gasteiger partial charge in [0.2, 0.25) is 5.65 Å². The van der Waals surface area contributed by atoms with E-state index in [0.29, 0.717) is 5.92 Å². The molecule has 130 valence electrons. The lowest BCUT2D eigenvalue weighted by molar-refractivity contribution is 0.187. The topological polar surface area (TPSA) is 58.4 Å². The number of anilines is 1. The van der Waals surface area contributed by atoms with E-state index in [-0.39, 0.29) is 0 Å². The van der Waals surface area contributed by atoms with Crippen LogP contribution in [-0.2, 0) is 0 Å². The van der Waals surface area contributed by atoms with Crippen molar-refractivity contribution in [1.29, 1.82) is 0 Å². The Morgan fingerprint density at radius 3 is 2.79 bits per heavy atom. The van der Waals surface area contributed by atoms with Crippen molar-refractivity contribution in [3.63, 3.8) is 0 Å². The lowest BCUT2D eigenvalue weighted by Crippen LogP contribution is -2.36. The van der Waals surface area contributed by atoms with Gasteiger partial charge >= 0.3 is 0 Å². The maximum absolute atomic E-state index is 4.64. The summed E-state index contributed by atoms with van der Waals surface area (Å²) >= 11 is 0. The standard InChI is InChI=1S/C18H28N6/c1-2-3-8-23-9-6-14(7-10-23)12-19-17-11-16(15-4-5-15)22-24-13-20-21-18(17)24/h11,13-15,19H,2-10,12H2,1H3. The minimum atomic E-state index is 0.638. The van der Waals surface area contributed by atoms with E-state index in [9.17, 15) is 0 Å². The second-order valence-corrected chi connectivity index (χ2v) is 7.38. The minimum absolute atomic E-state index is 0.638. The number of fused-ring (bicyclic) bond motifs is 1. The maximum Gasteiger partial charge on any atom is 0.200 e. The molecule has 4 rings (SSSR count). The largest absolute Gasteiger partial charge is 0.382 e. The number of hydrogen-bond donors (Lipinski definition) is 1. The van der Waals surface area contributed by atoms with E-state index in [1.165, 1.54) is 63.9 Å². The molecule has 0 unspecified atom stereocenters. The first-order chi connectivity index (χ1) is 11.8. The fourth-order valence-corrected chi connectivity index (χ4v) is 3.60. The number of piperidine rings is 1. The van der Waals surface area contributed by atoms with Crippen LogP contribution in [0.3, 0.4) is 0 Å². The van der Waals surface area contributed by atoms with E-state index in [4.69, 9.17) is 0 Å². The van der Waals surface area contributed by atoms with Crippen molar-refractivity contribution in [2.24, 2.45) is 5.92 Å². The molecule has 24 heavy (non-hydrogen) atoms. The van der Waals surface area contributed by atoms with E-state index in [2.05, 4.69) is 38.5 Å². The zero-order chi connectivity index (χ0) is 16.4. The Kier molecular flexibility index (Phi) is 4.65. The van der Waals surface area contributed by atoms with Crippen LogP contribution in [-0.4, -0.2) is 50.9 Å². The first-order valence-electron chi connectivity index (χ1n) is 9.50. The molecule has 0 atom stereocenters. The highest BCUT2D eigenvalue weighted by molar-refractivity contribution is 5.66. The highest BCUT2D eigenvalue weighted by Crippen LogP contribution is 2.39. The molecule has 0 radical (unpaired) electrons. The number of rotatable bonds is 7. The lowest BCUT2D eigenvalue weighted by atomic mass is 9.96. The fourth-order valence-electron chi connectivity index (χ4n) is 3.60. The molecule has 1 saturated heterocycles. The van der Waals surface area contributed by atoms with E-state index in [1.807, 2.05) is 4.52 Å². The Hall–Kier alpha value is -1.69. The molecule has 6 heteroatoms. The van der Waals surface area contributed by atoms with Crippen molar-refractivity contribution in [2.45, 2.75) is 51.4 Å². The average Bonchev–Trinajstić information content (AvgIpc) is 3.36. The monoisotopic (exact) mass is 328 g/mol. The van der Waals surface area contributed by atoms with Crippen LogP contribution in [0, 0.1) is 5.92 Å². The van der Waals surface area contributed by atoms with Crippen molar-refractivity contribution < 1.29 is 0 Å². The van der Waals surface area contributed by atoms with Gasteiger partial charge in [-0.05, 0) is 63.7 Å². The van der Waals surface area contributed by atoms with E-state index in [1.54, 1.807) is 6.33 Å². The third-order valence-corrected chi connectivity index (χ3v) is 5.40. The molecule has 0 amide bonds. The van der Waals surface area contributed by atoms with Crippen LogP contribution in [0.1, 0.15) is 57.1 Å². The van der Waals surface area contributed by atoms with Gasteiger partial charge in [0.05, 0.1) is 11.4 Å². The smallest absolute Gasteiger partial charge is 0.200 e. The SMILES string of the molecule is CCCCN1CCC(CNc2cc(C3CC3)nn3cnnc23)CC1. The van der Waals surface area contributed by atoms with Gasteiger partial charge in [-0.1, -0.05) is 13.3 Å². The highest BCUT2D eigenvalue weighted by Gasteiger charge is 2.27. The zero-order valence-electron chi connectivity index (χ0n) is 14.6. The molecule has 0 spiro atoms. The molecule has 2 aliphatic rings. The molecular weight excluding hydrogens is 300 g/mol. The zero-order valence-corrected chi connectivity index (χ0v) is 14.6. The van der Waals surface area contributed by atoms with Gasteiger partial charge in [0, 0.05) is 12.5 Å². The highest BCUT2D eigenvalue weighted by atomic mass is 15.3. The molecule has 3 heterocycles. The first-order valence-corrected chi connectivity index (χ1v) is 9.50. The molecule has 2 aromatic rings. The number of nitrogens with one attached hydrogen (secondary N) is 1. The Morgan fingerprint density at radius 2 is 2.04 bits per heavy atom. The predicted octanol–water partition coefficient (Wildman–Crippen LogP) is 2.93. The Labute approximate surface area is 143 Å². The quantitative estimate of drug-likeness (QED) is 0.847. The summed E-state index contributed by atoms with van der Waals surface area (Å²) in [7, 11) is 0. The Balaban J connectivity index is 1.36. The van der Waals surface area contributed by atoms with Crippen molar-refractivity contribution in [1.82, 2.24) is 24.7 Å². The first kappa shape index (κ1) is 15.8. The van der Waals surface area contributed by atoms with Crippen molar-refractivity contribution >= 4 is 11.3 Å². The molecular formula is C18H28N6. The van der Waals surface area contributed by atoms with Gasteiger partial charge in [-0.2, -0.15) is 9.61 Å². The number of hydrogen-bond acceptors (Lipinski definition) is 5. The van der Waals surface area contributed by atoms with Gasteiger partial charge in [0.15, 0.2) is 0 Å². The van der Waals surface area contributed by atoms with Crippen LogP contribution >= 0.6 is 0 Å². The molecule has 0 aromatic carbocycles. The molecule has 0 bridgehead atoms. The van der Waals surface area contributed by atoms with Crippen molar-refractivity contribution in [2.75, 3.05) is 31.5 Å². The Bertz CT molecular complexity index is 669. The van der Waals surface area contributed by atoms with Crippen LogP contribution in [0.25, 0.3) is 5.65 Å². The molecule has 1 N–H and O–H groups in total. The van der Waals surface area contributed by atoms with Gasteiger partial charge in [-0.15, -0.1) is 10.2 Å². The van der Waals surface area contributed by atoms with Crippen LogP contribution < -0.4 is 5.32 Å². The van der Waals surface area contributed by atoms with Gasteiger partial charge in [0.1, 0.15) is 6.33 Å². The molecule has 1 aliphatic heterocycles. The van der Waals surface area contributed by atoms with Gasteiger partial charge in [-0.25, -0.2) is 0 Å². The number of unbranched alkanes of at least 4 members (excludes halogenated alkanes) is 1. The summed E-state index contributed by atoms with van der Waals surface area (Å²) in [6, 6.07) is 2.19. The fraction of sp³-hybridized carbons (Fsp3) is 0.722. The number of nitrogens with zero attached hydrogens (tertiary/aromatic N) is 5. The minimum Gasteiger partial charge on any atom is -0.382 e. The summed E-state index contributed by atoms with van der Waals surface area (Å²) in [5.41, 5.74) is 3.12. The van der Waals surface area contributed by atoms with E-state index < -0.39 is 0 Å². The lowest BCUT2D eigenvalue weighted by Gasteiger charge is -2.32. The molecule has 6 nitrogen and oxygen atoms in total. The molecule has 1 saturated carbocycles. The van der Waals surface area contributed by atoms with Crippen LogP contribution in [0.15, 0.2) is 12.4 Å². The molecule has 2 aromatic heterocycles. The van der Waals surface area contributed by atoms with Crippen molar-refractivity contribution in [3.8, 4) is 0 Å². The van der Waals surface area contributed by atoms with Crippen LogP contribution in [0.5, 0.6) is 0 Å². The summed E-state index contributed by atoms with van der Waals surface area (Å²) in [6.45, 7) is 7.06. The van der Waals surface area contributed by atoms with Crippen LogP contribution in [0.2, 0.25) is 0 Å². The summed E-state index contributed by atoms with van der Waals surface area (Å²) in [5, 5.41) is 16.5. The summed E-state index contributed by atoms with van der Waals surface area (Å²) in [4.78, 5) is 2.62.